The third-order valence-electron chi connectivity index (χ3n) is 3.04. The Morgan fingerprint density at radius 2 is 2.19 bits per heavy atom. The van der Waals surface area contributed by atoms with Crippen LogP contribution < -0.4 is 11.1 Å². The molecule has 0 aliphatic carbocycles. The maximum absolute atomic E-state index is 11.9. The number of amides is 1. The summed E-state index contributed by atoms with van der Waals surface area (Å²) in [6.07, 6.45) is 1.41. The Balaban J connectivity index is 2.36. The summed E-state index contributed by atoms with van der Waals surface area (Å²) in [4.78, 5) is 14.3. The van der Waals surface area contributed by atoms with Crippen molar-refractivity contribution >= 4 is 28.8 Å². The van der Waals surface area contributed by atoms with Crippen LogP contribution in [0.1, 0.15) is 18.4 Å². The molecule has 0 atom stereocenters. The largest absolute Gasteiger partial charge is 0.389 e. The smallest absolute Gasteiger partial charge is 0.225 e. The summed E-state index contributed by atoms with van der Waals surface area (Å²) in [5.74, 6) is -0.0197. The van der Waals surface area contributed by atoms with Crippen molar-refractivity contribution in [3.05, 3.63) is 29.8 Å². The SMILES string of the molecule is COCCCN(C)CCC(=O)Nc1cccc(C(N)=S)c1. The van der Waals surface area contributed by atoms with Crippen molar-refractivity contribution < 1.29 is 9.53 Å². The molecule has 3 N–H and O–H groups in total. The molecule has 1 amide bonds. The van der Waals surface area contributed by atoms with Crippen molar-refractivity contribution in [3.63, 3.8) is 0 Å². The average molecular weight is 309 g/mol. The van der Waals surface area contributed by atoms with Gasteiger partial charge in [0.15, 0.2) is 0 Å². The number of carbonyl (C=O) groups is 1. The van der Waals surface area contributed by atoms with Crippen LogP contribution in [0, 0.1) is 0 Å². The van der Waals surface area contributed by atoms with Gasteiger partial charge in [0.05, 0.1) is 0 Å². The number of thiocarbonyl (C=S) groups is 1. The average Bonchev–Trinajstić information content (AvgIpc) is 2.45. The van der Waals surface area contributed by atoms with Crippen molar-refractivity contribution in [3.8, 4) is 0 Å². The quantitative estimate of drug-likeness (QED) is 0.536. The fourth-order valence-electron chi connectivity index (χ4n) is 1.86. The molecule has 0 aliphatic heterocycles. The maximum Gasteiger partial charge on any atom is 0.225 e. The third kappa shape index (κ3) is 7.17. The molecule has 0 aromatic heterocycles. The molecule has 0 unspecified atom stereocenters. The first-order valence-electron chi connectivity index (χ1n) is 6.90. The lowest BCUT2D eigenvalue weighted by Crippen LogP contribution is -2.25. The van der Waals surface area contributed by atoms with Crippen LogP contribution in [0.3, 0.4) is 0 Å². The first-order chi connectivity index (χ1) is 10.0. The number of nitrogens with one attached hydrogen (secondary N) is 1. The third-order valence-corrected chi connectivity index (χ3v) is 3.28. The zero-order valence-electron chi connectivity index (χ0n) is 12.6. The number of methoxy groups -OCH3 is 1. The van der Waals surface area contributed by atoms with E-state index in [2.05, 4.69) is 10.2 Å². The van der Waals surface area contributed by atoms with Crippen molar-refractivity contribution in [1.29, 1.82) is 0 Å². The number of hydrogen-bond acceptors (Lipinski definition) is 4. The van der Waals surface area contributed by atoms with Crippen LogP contribution in [0.15, 0.2) is 24.3 Å². The van der Waals surface area contributed by atoms with Crippen LogP contribution in [-0.4, -0.2) is 49.6 Å². The van der Waals surface area contributed by atoms with E-state index in [0.717, 1.165) is 25.1 Å². The van der Waals surface area contributed by atoms with Crippen LogP contribution in [0.5, 0.6) is 0 Å². The van der Waals surface area contributed by atoms with E-state index in [-0.39, 0.29) is 5.91 Å². The molecule has 0 spiro atoms. The maximum atomic E-state index is 11.9. The molecule has 0 radical (unpaired) electrons. The molecule has 21 heavy (non-hydrogen) atoms. The number of anilines is 1. The van der Waals surface area contributed by atoms with E-state index in [1.807, 2.05) is 25.2 Å². The van der Waals surface area contributed by atoms with Gasteiger partial charge >= 0.3 is 0 Å². The predicted molar refractivity (Wildman–Crippen MR) is 89.6 cm³/mol. The monoisotopic (exact) mass is 309 g/mol. The first-order valence-corrected chi connectivity index (χ1v) is 7.31. The standard InChI is InChI=1S/C15H23N3O2S/c1-18(8-4-10-20-2)9-7-14(19)17-13-6-3-5-12(11-13)15(16)21/h3,5-6,11H,4,7-10H2,1-2H3,(H2,16,21)(H,17,19). The van der Waals surface area contributed by atoms with Gasteiger partial charge in [0.1, 0.15) is 4.99 Å². The molecular weight excluding hydrogens is 286 g/mol. The molecule has 5 nitrogen and oxygen atoms in total. The minimum Gasteiger partial charge on any atom is -0.389 e. The second-order valence-corrected chi connectivity index (χ2v) is 5.33. The Bertz CT molecular complexity index is 480. The highest BCUT2D eigenvalue weighted by Crippen LogP contribution is 2.11. The Kier molecular flexibility index (Phi) is 7.89. The Morgan fingerprint density at radius 3 is 2.86 bits per heavy atom. The topological polar surface area (TPSA) is 67.6 Å². The number of carbonyl (C=O) groups excluding carboxylic acids is 1. The zero-order valence-corrected chi connectivity index (χ0v) is 13.4. The predicted octanol–water partition coefficient (Wildman–Crippen LogP) is 1.62. The summed E-state index contributed by atoms with van der Waals surface area (Å²) in [6, 6.07) is 7.24. The summed E-state index contributed by atoms with van der Waals surface area (Å²) in [5.41, 5.74) is 7.04. The van der Waals surface area contributed by atoms with E-state index in [0.29, 0.717) is 23.6 Å². The van der Waals surface area contributed by atoms with Gasteiger partial charge in [-0.15, -0.1) is 0 Å². The van der Waals surface area contributed by atoms with Gasteiger partial charge in [0.25, 0.3) is 0 Å². The van der Waals surface area contributed by atoms with E-state index in [9.17, 15) is 4.79 Å². The van der Waals surface area contributed by atoms with Gasteiger partial charge in [-0.2, -0.15) is 0 Å². The van der Waals surface area contributed by atoms with E-state index >= 15 is 0 Å². The molecule has 0 saturated carbocycles. The van der Waals surface area contributed by atoms with Crippen molar-refractivity contribution in [2.75, 3.05) is 39.2 Å². The highest BCUT2D eigenvalue weighted by molar-refractivity contribution is 7.80. The molecule has 0 heterocycles. The number of nitrogens with zero attached hydrogens (tertiary/aromatic N) is 1. The van der Waals surface area contributed by atoms with Crippen LogP contribution in [-0.2, 0) is 9.53 Å². The van der Waals surface area contributed by atoms with E-state index in [1.54, 1.807) is 13.2 Å². The number of rotatable bonds is 9. The molecule has 0 saturated heterocycles. The number of benzene rings is 1. The molecule has 1 aromatic rings. The molecule has 0 bridgehead atoms. The van der Waals surface area contributed by atoms with E-state index in [4.69, 9.17) is 22.7 Å². The number of ether oxygens (including phenoxy) is 1. The molecule has 1 aromatic carbocycles. The summed E-state index contributed by atoms with van der Waals surface area (Å²) < 4.78 is 5.00. The molecule has 1 rings (SSSR count). The van der Waals surface area contributed by atoms with Gasteiger partial charge in [-0.05, 0) is 25.6 Å². The normalized spacial score (nSPS) is 10.6. The molecule has 0 aliphatic rings. The molecule has 116 valence electrons. The van der Waals surface area contributed by atoms with E-state index in [1.165, 1.54) is 0 Å². The zero-order chi connectivity index (χ0) is 15.7. The van der Waals surface area contributed by atoms with Gasteiger partial charge in [-0.3, -0.25) is 4.79 Å². The Labute approximate surface area is 131 Å². The number of hydrogen-bond donors (Lipinski definition) is 2. The highest BCUT2D eigenvalue weighted by Gasteiger charge is 2.06. The Morgan fingerprint density at radius 1 is 1.43 bits per heavy atom. The summed E-state index contributed by atoms with van der Waals surface area (Å²) in [7, 11) is 3.69. The molecule has 6 heteroatoms. The van der Waals surface area contributed by atoms with Crippen LogP contribution in [0.25, 0.3) is 0 Å². The Hall–Kier alpha value is -1.50. The lowest BCUT2D eigenvalue weighted by atomic mass is 10.2. The summed E-state index contributed by atoms with van der Waals surface area (Å²) in [5, 5.41) is 2.85. The van der Waals surface area contributed by atoms with Crippen LogP contribution in [0.4, 0.5) is 5.69 Å². The van der Waals surface area contributed by atoms with Crippen molar-refractivity contribution in [1.82, 2.24) is 4.90 Å². The van der Waals surface area contributed by atoms with Gasteiger partial charge in [-0.25, -0.2) is 0 Å². The van der Waals surface area contributed by atoms with E-state index < -0.39 is 0 Å². The second-order valence-electron chi connectivity index (χ2n) is 4.89. The minimum absolute atomic E-state index is 0.0197. The lowest BCUT2D eigenvalue weighted by Gasteiger charge is -2.16. The van der Waals surface area contributed by atoms with Gasteiger partial charge in [0, 0.05) is 44.5 Å². The van der Waals surface area contributed by atoms with Gasteiger partial charge in [0.2, 0.25) is 5.91 Å². The van der Waals surface area contributed by atoms with Crippen LogP contribution in [0.2, 0.25) is 0 Å². The van der Waals surface area contributed by atoms with Crippen LogP contribution >= 0.6 is 12.2 Å². The van der Waals surface area contributed by atoms with Crippen molar-refractivity contribution in [2.24, 2.45) is 5.73 Å². The molecule has 0 fully saturated rings. The highest BCUT2D eigenvalue weighted by atomic mass is 32.1. The summed E-state index contributed by atoms with van der Waals surface area (Å²) in [6.45, 7) is 2.37. The molecular formula is C15H23N3O2S. The summed E-state index contributed by atoms with van der Waals surface area (Å²) >= 11 is 4.92. The fourth-order valence-corrected chi connectivity index (χ4v) is 1.98. The van der Waals surface area contributed by atoms with Crippen molar-refractivity contribution in [2.45, 2.75) is 12.8 Å². The lowest BCUT2D eigenvalue weighted by molar-refractivity contribution is -0.116. The van der Waals surface area contributed by atoms with Gasteiger partial charge < -0.3 is 20.7 Å². The second kappa shape index (κ2) is 9.44. The van der Waals surface area contributed by atoms with Gasteiger partial charge in [-0.1, -0.05) is 24.4 Å². The number of nitrogens with two attached hydrogens (primary N) is 1. The minimum atomic E-state index is -0.0197. The first kappa shape index (κ1) is 17.6. The fraction of sp³-hybridized carbons (Fsp3) is 0.467.